The molecule has 1 atom stereocenters. The molecule has 1 N–H and O–H groups in total. The Labute approximate surface area is 123 Å². The second-order valence-corrected chi connectivity index (χ2v) is 6.96. The first-order valence-electron chi connectivity index (χ1n) is 7.79. The van der Waals surface area contributed by atoms with Gasteiger partial charge in [-0.2, -0.15) is 0 Å². The number of benzene rings is 1. The van der Waals surface area contributed by atoms with Crippen molar-refractivity contribution in [2.75, 3.05) is 13.1 Å². The second-order valence-electron chi connectivity index (χ2n) is 6.96. The topological polar surface area (TPSA) is 29.1 Å². The van der Waals surface area contributed by atoms with Crippen molar-refractivity contribution in [1.29, 1.82) is 0 Å². The fourth-order valence-corrected chi connectivity index (χ4v) is 2.77. The van der Waals surface area contributed by atoms with Crippen LogP contribution in [0.15, 0.2) is 24.3 Å². The van der Waals surface area contributed by atoms with E-state index in [2.05, 4.69) is 50.4 Å². The summed E-state index contributed by atoms with van der Waals surface area (Å²) in [7, 11) is 0. The minimum atomic E-state index is 0.197. The number of piperidine rings is 1. The highest BCUT2D eigenvalue weighted by Crippen LogP contribution is 2.22. The van der Waals surface area contributed by atoms with Gasteiger partial charge in [-0.05, 0) is 42.3 Å². The van der Waals surface area contributed by atoms with Crippen molar-refractivity contribution in [1.82, 2.24) is 5.32 Å². The van der Waals surface area contributed by atoms with Crippen molar-refractivity contribution < 1.29 is 4.79 Å². The smallest absolute Gasteiger partial charge is 0.137 e. The first-order chi connectivity index (χ1) is 9.47. The van der Waals surface area contributed by atoms with Crippen LogP contribution in [0.3, 0.4) is 0 Å². The highest BCUT2D eigenvalue weighted by Gasteiger charge is 2.20. The normalized spacial score (nSPS) is 19.9. The Hall–Kier alpha value is -1.15. The zero-order valence-electron chi connectivity index (χ0n) is 13.0. The van der Waals surface area contributed by atoms with Gasteiger partial charge in [-0.1, -0.05) is 45.0 Å². The molecule has 2 rings (SSSR count). The van der Waals surface area contributed by atoms with Crippen LogP contribution in [0.4, 0.5) is 0 Å². The molecule has 0 bridgehead atoms. The molecule has 1 aliphatic rings. The van der Waals surface area contributed by atoms with E-state index >= 15 is 0 Å². The molecular formula is C18H27NO. The lowest BCUT2D eigenvalue weighted by Gasteiger charge is -2.21. The fraction of sp³-hybridized carbons (Fsp3) is 0.611. The summed E-state index contributed by atoms with van der Waals surface area (Å²) in [6.45, 7) is 8.62. The number of Topliss-reactive ketones (excluding diaryl/α,β-unsaturated/α-hetero) is 1. The number of aryl methyl sites for hydroxylation is 1. The van der Waals surface area contributed by atoms with Crippen molar-refractivity contribution in [3.05, 3.63) is 35.4 Å². The summed E-state index contributed by atoms with van der Waals surface area (Å²) in [6.07, 6.45) is 3.76. The summed E-state index contributed by atoms with van der Waals surface area (Å²) < 4.78 is 0. The van der Waals surface area contributed by atoms with Crippen LogP contribution in [0, 0.1) is 5.92 Å². The van der Waals surface area contributed by atoms with Gasteiger partial charge >= 0.3 is 0 Å². The van der Waals surface area contributed by atoms with Crippen molar-refractivity contribution >= 4 is 5.78 Å². The number of ketones is 1. The van der Waals surface area contributed by atoms with Gasteiger partial charge in [0.05, 0.1) is 0 Å². The number of hydrogen-bond acceptors (Lipinski definition) is 2. The summed E-state index contributed by atoms with van der Waals surface area (Å²) in [5.74, 6) is 0.676. The molecule has 2 heteroatoms. The molecule has 1 unspecified atom stereocenters. The molecule has 0 saturated carbocycles. The van der Waals surface area contributed by atoms with Crippen molar-refractivity contribution in [2.45, 2.75) is 51.9 Å². The van der Waals surface area contributed by atoms with E-state index in [1.54, 1.807) is 0 Å². The molecule has 1 aromatic carbocycles. The maximum absolute atomic E-state index is 12.2. The summed E-state index contributed by atoms with van der Waals surface area (Å²) in [5, 5.41) is 3.32. The molecule has 1 aromatic rings. The quantitative estimate of drug-likeness (QED) is 0.910. The zero-order chi connectivity index (χ0) is 14.6. The summed E-state index contributed by atoms with van der Waals surface area (Å²) in [5.41, 5.74) is 2.82. The van der Waals surface area contributed by atoms with Crippen LogP contribution < -0.4 is 5.32 Å². The van der Waals surface area contributed by atoms with Crippen LogP contribution >= 0.6 is 0 Å². The fourth-order valence-electron chi connectivity index (χ4n) is 2.77. The van der Waals surface area contributed by atoms with Crippen LogP contribution in [0.5, 0.6) is 0 Å². The van der Waals surface area contributed by atoms with Crippen LogP contribution in [0.2, 0.25) is 0 Å². The third kappa shape index (κ3) is 4.17. The monoisotopic (exact) mass is 273 g/mol. The maximum Gasteiger partial charge on any atom is 0.137 e. The van der Waals surface area contributed by atoms with Gasteiger partial charge in [0.2, 0.25) is 0 Å². The van der Waals surface area contributed by atoms with Gasteiger partial charge < -0.3 is 5.32 Å². The lowest BCUT2D eigenvalue weighted by Crippen LogP contribution is -2.34. The van der Waals surface area contributed by atoms with Gasteiger partial charge in [-0.3, -0.25) is 4.79 Å². The minimum absolute atomic E-state index is 0.197. The van der Waals surface area contributed by atoms with Crippen LogP contribution in [-0.2, 0) is 16.6 Å². The number of hydrogen-bond donors (Lipinski definition) is 1. The minimum Gasteiger partial charge on any atom is -0.316 e. The molecule has 20 heavy (non-hydrogen) atoms. The number of carbonyl (C=O) groups excluding carboxylic acids is 1. The molecular weight excluding hydrogens is 246 g/mol. The number of rotatable bonds is 4. The van der Waals surface area contributed by atoms with Crippen LogP contribution in [-0.4, -0.2) is 18.9 Å². The highest BCUT2D eigenvalue weighted by atomic mass is 16.1. The lowest BCUT2D eigenvalue weighted by atomic mass is 9.86. The van der Waals surface area contributed by atoms with Crippen molar-refractivity contribution in [2.24, 2.45) is 5.92 Å². The lowest BCUT2D eigenvalue weighted by molar-refractivity contribution is -0.123. The van der Waals surface area contributed by atoms with Gasteiger partial charge in [0.25, 0.3) is 0 Å². The van der Waals surface area contributed by atoms with Gasteiger partial charge in [-0.25, -0.2) is 0 Å². The van der Waals surface area contributed by atoms with E-state index in [0.717, 1.165) is 32.4 Å². The average molecular weight is 273 g/mol. The van der Waals surface area contributed by atoms with E-state index in [4.69, 9.17) is 0 Å². The third-order valence-corrected chi connectivity index (χ3v) is 4.23. The predicted molar refractivity (Wildman–Crippen MR) is 84.1 cm³/mol. The Morgan fingerprint density at radius 1 is 1.25 bits per heavy atom. The Morgan fingerprint density at radius 2 is 1.95 bits per heavy atom. The van der Waals surface area contributed by atoms with Gasteiger partial charge in [0, 0.05) is 18.9 Å². The maximum atomic E-state index is 12.2. The van der Waals surface area contributed by atoms with E-state index < -0.39 is 0 Å². The molecule has 1 saturated heterocycles. The molecule has 2 nitrogen and oxygen atoms in total. The Bertz CT molecular complexity index is 435. The molecule has 110 valence electrons. The number of nitrogens with one attached hydrogen (secondary N) is 1. The van der Waals surface area contributed by atoms with E-state index in [-0.39, 0.29) is 11.3 Å². The molecule has 0 radical (unpaired) electrons. The zero-order valence-corrected chi connectivity index (χ0v) is 13.0. The molecule has 1 fully saturated rings. The predicted octanol–water partition coefficient (Wildman–Crippen LogP) is 3.49. The van der Waals surface area contributed by atoms with Gasteiger partial charge in [0.1, 0.15) is 5.78 Å². The van der Waals surface area contributed by atoms with Crippen molar-refractivity contribution in [3.8, 4) is 0 Å². The first-order valence-corrected chi connectivity index (χ1v) is 7.79. The Morgan fingerprint density at radius 3 is 2.50 bits per heavy atom. The van der Waals surface area contributed by atoms with Crippen LogP contribution in [0.1, 0.15) is 51.2 Å². The van der Waals surface area contributed by atoms with Gasteiger partial charge in [-0.15, -0.1) is 0 Å². The third-order valence-electron chi connectivity index (χ3n) is 4.23. The molecule has 1 heterocycles. The first kappa shape index (κ1) is 15.2. The van der Waals surface area contributed by atoms with E-state index in [1.807, 2.05) is 0 Å². The molecule has 0 amide bonds. The van der Waals surface area contributed by atoms with Gasteiger partial charge in [0.15, 0.2) is 0 Å². The van der Waals surface area contributed by atoms with Crippen LogP contribution in [0.25, 0.3) is 0 Å². The Kier molecular flexibility index (Phi) is 4.98. The van der Waals surface area contributed by atoms with E-state index in [9.17, 15) is 4.79 Å². The molecule has 1 aliphatic heterocycles. The second kappa shape index (κ2) is 6.53. The summed E-state index contributed by atoms with van der Waals surface area (Å²) >= 11 is 0. The van der Waals surface area contributed by atoms with E-state index in [0.29, 0.717) is 12.2 Å². The Balaban J connectivity index is 1.86. The molecule has 0 aliphatic carbocycles. The summed E-state index contributed by atoms with van der Waals surface area (Å²) in [4.78, 5) is 12.2. The average Bonchev–Trinajstić information content (AvgIpc) is 2.45. The highest BCUT2D eigenvalue weighted by molar-refractivity contribution is 5.81. The number of carbonyl (C=O) groups is 1. The van der Waals surface area contributed by atoms with E-state index in [1.165, 1.54) is 11.1 Å². The standard InChI is InChI=1S/C18H27NO/c1-18(2,3)16-9-6-14(7-10-16)8-11-17(20)15-5-4-12-19-13-15/h6-7,9-10,15,19H,4-5,8,11-13H2,1-3H3. The van der Waals surface area contributed by atoms with Crippen molar-refractivity contribution in [3.63, 3.8) is 0 Å². The molecule has 0 aromatic heterocycles. The molecule has 0 spiro atoms. The SMILES string of the molecule is CC(C)(C)c1ccc(CCC(=O)C2CCCNC2)cc1. The summed E-state index contributed by atoms with van der Waals surface area (Å²) in [6, 6.07) is 8.74. The largest absolute Gasteiger partial charge is 0.316 e.